The molecular weight excluding hydrogens is 476 g/mol. The molecule has 0 aliphatic carbocycles. The summed E-state index contributed by atoms with van der Waals surface area (Å²) in [7, 11) is 0. The van der Waals surface area contributed by atoms with Gasteiger partial charge in [-0.05, 0) is 54.9 Å². The van der Waals surface area contributed by atoms with Crippen LogP contribution in [-0.4, -0.2) is 106 Å². The zero-order chi connectivity index (χ0) is 26.6. The Morgan fingerprint density at radius 2 is 1.14 bits per heavy atom. The average molecular weight is 519 g/mol. The van der Waals surface area contributed by atoms with Crippen molar-refractivity contribution in [1.82, 2.24) is 20.4 Å². The van der Waals surface area contributed by atoms with Crippen LogP contribution in [0.4, 0.5) is 0 Å². The molecule has 0 saturated carbocycles. The molecule has 8 N–H and O–H groups in total. The molecule has 1 saturated heterocycles. The summed E-state index contributed by atoms with van der Waals surface area (Å²) in [6.07, 6.45) is -0.404. The molecule has 3 rings (SSSR count). The Balaban J connectivity index is 1.23. The number of hydrogen-bond acceptors (Lipinski definition) is 10. The molecule has 1 aliphatic heterocycles. The Morgan fingerprint density at radius 1 is 0.676 bits per heavy atom. The Morgan fingerprint density at radius 3 is 1.62 bits per heavy atom. The molecule has 2 unspecified atom stereocenters. The lowest BCUT2D eigenvalue weighted by molar-refractivity contribution is 0.128. The van der Waals surface area contributed by atoms with Gasteiger partial charge in [-0.1, -0.05) is 12.1 Å². The Kier molecular flexibility index (Phi) is 12.0. The maximum atomic E-state index is 10.4. The fraction of sp³-hybridized carbons (Fsp3) is 0.556. The predicted octanol–water partition coefficient (Wildman–Crippen LogP) is 0.0363. The van der Waals surface area contributed by atoms with Gasteiger partial charge in [0.2, 0.25) is 0 Å². The van der Waals surface area contributed by atoms with Crippen molar-refractivity contribution in [3.8, 4) is 11.5 Å². The third-order valence-corrected chi connectivity index (χ3v) is 6.89. The second-order valence-corrected chi connectivity index (χ2v) is 9.57. The smallest absolute Gasteiger partial charge is 0.121 e. The summed E-state index contributed by atoms with van der Waals surface area (Å²) in [6.45, 7) is 7.81. The van der Waals surface area contributed by atoms with Crippen molar-refractivity contribution < 1.29 is 30.6 Å². The van der Waals surface area contributed by atoms with Gasteiger partial charge in [-0.25, -0.2) is 0 Å². The number of hydrogen-bond donors (Lipinski definition) is 8. The summed E-state index contributed by atoms with van der Waals surface area (Å²) < 4.78 is 0. The van der Waals surface area contributed by atoms with Crippen LogP contribution in [0.1, 0.15) is 40.9 Å². The van der Waals surface area contributed by atoms with E-state index < -0.39 is 12.2 Å². The van der Waals surface area contributed by atoms with Crippen LogP contribution in [0, 0.1) is 0 Å². The molecule has 10 nitrogen and oxygen atoms in total. The van der Waals surface area contributed by atoms with Gasteiger partial charge >= 0.3 is 0 Å². The van der Waals surface area contributed by atoms with Crippen molar-refractivity contribution in [1.29, 1.82) is 0 Å². The van der Waals surface area contributed by atoms with E-state index in [-0.39, 0.29) is 24.7 Å². The third-order valence-electron chi connectivity index (χ3n) is 6.89. The van der Waals surface area contributed by atoms with Gasteiger partial charge in [-0.15, -0.1) is 0 Å². The number of aliphatic hydroxyl groups is 4. The summed E-state index contributed by atoms with van der Waals surface area (Å²) in [5.41, 5.74) is 2.17. The summed E-state index contributed by atoms with van der Waals surface area (Å²) in [5.74, 6) is 0.0642. The van der Waals surface area contributed by atoms with E-state index >= 15 is 0 Å². The first-order valence-corrected chi connectivity index (χ1v) is 13.0. The van der Waals surface area contributed by atoms with E-state index in [0.717, 1.165) is 58.8 Å². The van der Waals surface area contributed by atoms with E-state index in [1.807, 2.05) is 0 Å². The van der Waals surface area contributed by atoms with Gasteiger partial charge in [-0.2, -0.15) is 0 Å². The number of aromatic hydroxyl groups is 2. The van der Waals surface area contributed by atoms with Crippen molar-refractivity contribution >= 4 is 0 Å². The zero-order valence-corrected chi connectivity index (χ0v) is 21.4. The van der Waals surface area contributed by atoms with Crippen LogP contribution < -0.4 is 10.6 Å². The summed E-state index contributed by atoms with van der Waals surface area (Å²) in [6, 6.07) is 9.58. The highest BCUT2D eigenvalue weighted by Crippen LogP contribution is 2.23. The van der Waals surface area contributed by atoms with Gasteiger partial charge in [0.1, 0.15) is 11.5 Å². The van der Waals surface area contributed by atoms with Crippen LogP contribution >= 0.6 is 0 Å². The Labute approximate surface area is 218 Å². The molecule has 2 atom stereocenters. The van der Waals surface area contributed by atoms with Crippen LogP contribution in [-0.2, 0) is 13.2 Å². The monoisotopic (exact) mass is 518 g/mol. The molecule has 0 amide bonds. The molecule has 0 aromatic heterocycles. The number of rotatable bonds is 15. The Hall–Kier alpha value is -2.28. The van der Waals surface area contributed by atoms with Crippen molar-refractivity contribution in [2.45, 2.75) is 31.8 Å². The average Bonchev–Trinajstić information content (AvgIpc) is 2.92. The summed E-state index contributed by atoms with van der Waals surface area (Å²) in [4.78, 5) is 4.86. The minimum absolute atomic E-state index is 0.0317. The largest absolute Gasteiger partial charge is 0.508 e. The van der Waals surface area contributed by atoms with Crippen molar-refractivity contribution in [2.24, 2.45) is 0 Å². The number of piperazine rings is 1. The van der Waals surface area contributed by atoms with Gasteiger partial charge in [0.25, 0.3) is 0 Å². The van der Waals surface area contributed by atoms with Gasteiger partial charge in [-0.3, -0.25) is 4.90 Å². The maximum absolute atomic E-state index is 10.4. The molecule has 0 radical (unpaired) electrons. The normalized spacial score (nSPS) is 16.6. The SMILES string of the molecule is OCc1cc(C(O)CNCCCN2CCN(CCNCC(O)c3ccc(O)c(CO)c3)CC2)ccc1O. The van der Waals surface area contributed by atoms with Gasteiger partial charge in [0, 0.05) is 63.5 Å². The van der Waals surface area contributed by atoms with E-state index in [9.17, 15) is 30.6 Å². The van der Waals surface area contributed by atoms with Gasteiger partial charge in [0.05, 0.1) is 25.4 Å². The van der Waals surface area contributed by atoms with Crippen molar-refractivity contribution in [2.75, 3.05) is 65.4 Å². The molecule has 0 bridgehead atoms. The van der Waals surface area contributed by atoms with Crippen LogP contribution in [0.15, 0.2) is 36.4 Å². The molecule has 1 heterocycles. The molecule has 0 spiro atoms. The third kappa shape index (κ3) is 9.20. The quantitative estimate of drug-likeness (QED) is 0.152. The molecule has 37 heavy (non-hydrogen) atoms. The highest BCUT2D eigenvalue weighted by atomic mass is 16.3. The number of nitrogens with zero attached hydrogens (tertiary/aromatic N) is 2. The maximum Gasteiger partial charge on any atom is 0.121 e. The van der Waals surface area contributed by atoms with Crippen LogP contribution in [0.25, 0.3) is 0 Å². The van der Waals surface area contributed by atoms with Crippen LogP contribution in [0.3, 0.4) is 0 Å². The molecule has 10 heteroatoms. The fourth-order valence-electron chi connectivity index (χ4n) is 4.49. The van der Waals surface area contributed by atoms with E-state index in [2.05, 4.69) is 20.4 Å². The summed E-state index contributed by atoms with van der Waals surface area (Å²) in [5, 5.41) is 65.1. The van der Waals surface area contributed by atoms with E-state index in [1.54, 1.807) is 24.3 Å². The lowest BCUT2D eigenvalue weighted by Gasteiger charge is -2.34. The Bertz CT molecular complexity index is 954. The van der Waals surface area contributed by atoms with Gasteiger partial charge < -0.3 is 46.2 Å². The van der Waals surface area contributed by atoms with E-state index in [0.29, 0.717) is 35.3 Å². The molecule has 1 aliphatic rings. The van der Waals surface area contributed by atoms with E-state index in [1.165, 1.54) is 12.1 Å². The first kappa shape index (κ1) is 29.3. The fourth-order valence-corrected chi connectivity index (χ4v) is 4.49. The minimum atomic E-state index is -0.698. The van der Waals surface area contributed by atoms with Gasteiger partial charge in [0.15, 0.2) is 0 Å². The first-order chi connectivity index (χ1) is 17.9. The highest BCUT2D eigenvalue weighted by Gasteiger charge is 2.17. The predicted molar refractivity (Wildman–Crippen MR) is 141 cm³/mol. The molecule has 2 aromatic rings. The molecule has 1 fully saturated rings. The molecule has 206 valence electrons. The van der Waals surface area contributed by atoms with Crippen molar-refractivity contribution in [3.63, 3.8) is 0 Å². The van der Waals surface area contributed by atoms with Crippen molar-refractivity contribution in [3.05, 3.63) is 58.7 Å². The molecule has 2 aromatic carbocycles. The standard InChI is InChI=1S/C27H42N4O6/c32-18-22-14-20(2-4-24(22)34)26(36)16-28-6-1-8-30-10-12-31(13-11-30)9-7-29-17-27(37)21-3-5-25(35)23(15-21)19-33/h2-5,14-15,26-29,32-37H,1,6-13,16-19H2. The van der Waals surface area contributed by atoms with Crippen LogP contribution in [0.2, 0.25) is 0 Å². The van der Waals surface area contributed by atoms with Crippen LogP contribution in [0.5, 0.6) is 11.5 Å². The number of aliphatic hydroxyl groups excluding tert-OH is 4. The lowest BCUT2D eigenvalue weighted by atomic mass is 10.1. The number of phenols is 2. The minimum Gasteiger partial charge on any atom is -0.508 e. The summed E-state index contributed by atoms with van der Waals surface area (Å²) >= 11 is 0. The number of benzene rings is 2. The second-order valence-electron chi connectivity index (χ2n) is 9.57. The zero-order valence-electron chi connectivity index (χ0n) is 21.4. The number of nitrogens with one attached hydrogen (secondary N) is 2. The molecular formula is C27H42N4O6. The lowest BCUT2D eigenvalue weighted by Crippen LogP contribution is -2.48. The first-order valence-electron chi connectivity index (χ1n) is 13.0. The highest BCUT2D eigenvalue weighted by molar-refractivity contribution is 5.37. The second kappa shape index (κ2) is 15.2. The topological polar surface area (TPSA) is 152 Å². The van der Waals surface area contributed by atoms with E-state index in [4.69, 9.17) is 0 Å².